The largest absolute Gasteiger partial charge is 0.489 e. The molecule has 0 aliphatic carbocycles. The molecule has 3 heterocycles. The SMILES string of the molecule is Cc1oc2ccc(OCc3ccccc3)cc2c1C(=O)NC1CCN2CCCC12. The molecule has 0 radical (unpaired) electrons. The quantitative estimate of drug-likeness (QED) is 0.706. The van der Waals surface area contributed by atoms with Crippen molar-refractivity contribution in [1.29, 1.82) is 0 Å². The van der Waals surface area contributed by atoms with Gasteiger partial charge in [0.05, 0.1) is 5.56 Å². The summed E-state index contributed by atoms with van der Waals surface area (Å²) in [5.74, 6) is 1.35. The molecule has 3 aromatic rings. The number of aryl methyl sites for hydroxylation is 1. The lowest BCUT2D eigenvalue weighted by atomic mass is 10.0. The molecule has 2 fully saturated rings. The topological polar surface area (TPSA) is 54.7 Å². The Balaban J connectivity index is 1.36. The Hall–Kier alpha value is -2.79. The third kappa shape index (κ3) is 3.51. The van der Waals surface area contributed by atoms with Crippen LogP contribution in [0.3, 0.4) is 0 Å². The molecule has 0 spiro atoms. The number of carbonyl (C=O) groups excluding carboxylic acids is 1. The van der Waals surface area contributed by atoms with Gasteiger partial charge in [-0.05, 0) is 56.5 Å². The van der Waals surface area contributed by atoms with Crippen LogP contribution in [0.15, 0.2) is 52.9 Å². The van der Waals surface area contributed by atoms with E-state index >= 15 is 0 Å². The highest BCUT2D eigenvalue weighted by atomic mass is 16.5. The molecule has 2 aromatic carbocycles. The van der Waals surface area contributed by atoms with E-state index in [1.807, 2.05) is 55.5 Å². The van der Waals surface area contributed by atoms with Gasteiger partial charge in [-0.3, -0.25) is 9.69 Å². The number of hydrogen-bond acceptors (Lipinski definition) is 4. The van der Waals surface area contributed by atoms with Crippen molar-refractivity contribution in [2.24, 2.45) is 0 Å². The second-order valence-corrected chi connectivity index (χ2v) is 8.08. The van der Waals surface area contributed by atoms with Gasteiger partial charge in [0, 0.05) is 24.0 Å². The summed E-state index contributed by atoms with van der Waals surface area (Å²) < 4.78 is 11.8. The first kappa shape index (κ1) is 18.3. The summed E-state index contributed by atoms with van der Waals surface area (Å²) in [4.78, 5) is 15.6. The Morgan fingerprint density at radius 2 is 2.03 bits per heavy atom. The van der Waals surface area contributed by atoms with Gasteiger partial charge < -0.3 is 14.5 Å². The minimum atomic E-state index is -0.0415. The van der Waals surface area contributed by atoms with Crippen molar-refractivity contribution < 1.29 is 13.9 Å². The summed E-state index contributed by atoms with van der Waals surface area (Å²) in [6.45, 7) is 4.59. The first-order valence-electron chi connectivity index (χ1n) is 10.4. The number of amides is 1. The zero-order valence-electron chi connectivity index (χ0n) is 16.7. The lowest BCUT2D eigenvalue weighted by Gasteiger charge is -2.21. The summed E-state index contributed by atoms with van der Waals surface area (Å²) in [7, 11) is 0. The van der Waals surface area contributed by atoms with E-state index in [4.69, 9.17) is 9.15 Å². The summed E-state index contributed by atoms with van der Waals surface area (Å²) in [5.41, 5.74) is 2.45. The Morgan fingerprint density at radius 3 is 2.90 bits per heavy atom. The minimum absolute atomic E-state index is 0.0415. The zero-order valence-corrected chi connectivity index (χ0v) is 16.7. The van der Waals surface area contributed by atoms with E-state index < -0.39 is 0 Å². The predicted molar refractivity (Wildman–Crippen MR) is 112 cm³/mol. The maximum absolute atomic E-state index is 13.1. The van der Waals surface area contributed by atoms with Gasteiger partial charge >= 0.3 is 0 Å². The molecule has 2 atom stereocenters. The second-order valence-electron chi connectivity index (χ2n) is 8.08. The Labute approximate surface area is 170 Å². The maximum Gasteiger partial charge on any atom is 0.255 e. The number of ether oxygens (including phenoxy) is 1. The number of nitrogens with one attached hydrogen (secondary N) is 1. The van der Waals surface area contributed by atoms with E-state index in [1.54, 1.807) is 0 Å². The highest BCUT2D eigenvalue weighted by Gasteiger charge is 2.38. The fraction of sp³-hybridized carbons (Fsp3) is 0.375. The molecule has 29 heavy (non-hydrogen) atoms. The normalized spacial score (nSPS) is 21.4. The molecule has 5 heteroatoms. The van der Waals surface area contributed by atoms with E-state index in [2.05, 4.69) is 10.2 Å². The van der Waals surface area contributed by atoms with E-state index in [1.165, 1.54) is 12.8 Å². The molecule has 0 saturated carbocycles. The van der Waals surface area contributed by atoms with Crippen LogP contribution in [0.25, 0.3) is 11.0 Å². The molecule has 150 valence electrons. The van der Waals surface area contributed by atoms with E-state index in [-0.39, 0.29) is 11.9 Å². The van der Waals surface area contributed by atoms with Crippen LogP contribution in [0.2, 0.25) is 0 Å². The number of carbonyl (C=O) groups is 1. The van der Waals surface area contributed by atoms with Crippen molar-refractivity contribution in [3.8, 4) is 5.75 Å². The summed E-state index contributed by atoms with van der Waals surface area (Å²) in [6, 6.07) is 16.5. The molecular formula is C24H26N2O3. The van der Waals surface area contributed by atoms with E-state index in [0.29, 0.717) is 29.6 Å². The monoisotopic (exact) mass is 390 g/mol. The van der Waals surface area contributed by atoms with Crippen LogP contribution in [-0.4, -0.2) is 36.0 Å². The average Bonchev–Trinajstić information content (AvgIpc) is 3.42. The van der Waals surface area contributed by atoms with E-state index in [0.717, 1.165) is 36.2 Å². The van der Waals surface area contributed by atoms with Crippen LogP contribution in [0.5, 0.6) is 5.75 Å². The van der Waals surface area contributed by atoms with Crippen LogP contribution in [0.4, 0.5) is 0 Å². The van der Waals surface area contributed by atoms with Crippen molar-refractivity contribution in [1.82, 2.24) is 10.2 Å². The van der Waals surface area contributed by atoms with Crippen molar-refractivity contribution >= 4 is 16.9 Å². The Morgan fingerprint density at radius 1 is 1.17 bits per heavy atom. The van der Waals surface area contributed by atoms with Gasteiger partial charge in [0.25, 0.3) is 5.91 Å². The summed E-state index contributed by atoms with van der Waals surface area (Å²) in [6.07, 6.45) is 3.43. The molecule has 2 saturated heterocycles. The molecule has 1 aromatic heterocycles. The van der Waals surface area contributed by atoms with Crippen LogP contribution < -0.4 is 10.1 Å². The molecule has 0 bridgehead atoms. The third-order valence-electron chi connectivity index (χ3n) is 6.23. The Kier molecular flexibility index (Phi) is 4.76. The molecule has 1 amide bonds. The number of nitrogens with zero attached hydrogens (tertiary/aromatic N) is 1. The molecular weight excluding hydrogens is 364 g/mol. The van der Waals surface area contributed by atoms with Gasteiger partial charge in [0.2, 0.25) is 0 Å². The van der Waals surface area contributed by atoms with Crippen LogP contribution in [-0.2, 0) is 6.61 Å². The fourth-order valence-electron chi connectivity index (χ4n) is 4.80. The third-order valence-corrected chi connectivity index (χ3v) is 6.23. The van der Waals surface area contributed by atoms with Gasteiger partial charge in [-0.25, -0.2) is 0 Å². The van der Waals surface area contributed by atoms with Crippen molar-refractivity contribution in [2.75, 3.05) is 13.1 Å². The summed E-state index contributed by atoms with van der Waals surface area (Å²) >= 11 is 0. The second kappa shape index (κ2) is 7.56. The zero-order chi connectivity index (χ0) is 19.8. The average molecular weight is 390 g/mol. The smallest absolute Gasteiger partial charge is 0.255 e. The van der Waals surface area contributed by atoms with Gasteiger partial charge in [0.15, 0.2) is 0 Å². The van der Waals surface area contributed by atoms with E-state index in [9.17, 15) is 4.79 Å². The molecule has 1 N–H and O–H groups in total. The number of hydrogen-bond donors (Lipinski definition) is 1. The van der Waals surface area contributed by atoms with Crippen molar-refractivity contribution in [2.45, 2.75) is 44.9 Å². The predicted octanol–water partition coefficient (Wildman–Crippen LogP) is 4.29. The first-order valence-corrected chi connectivity index (χ1v) is 10.4. The molecule has 2 unspecified atom stereocenters. The van der Waals surface area contributed by atoms with Crippen molar-refractivity contribution in [3.05, 3.63) is 65.4 Å². The molecule has 2 aliphatic rings. The maximum atomic E-state index is 13.1. The molecule has 2 aliphatic heterocycles. The lowest BCUT2D eigenvalue weighted by molar-refractivity contribution is 0.0929. The first-order chi connectivity index (χ1) is 14.2. The van der Waals surface area contributed by atoms with Crippen molar-refractivity contribution in [3.63, 3.8) is 0 Å². The highest BCUT2D eigenvalue weighted by molar-refractivity contribution is 6.07. The number of fused-ring (bicyclic) bond motifs is 2. The van der Waals surface area contributed by atoms with Crippen LogP contribution in [0.1, 0.15) is 40.9 Å². The highest BCUT2D eigenvalue weighted by Crippen LogP contribution is 2.31. The van der Waals surface area contributed by atoms with Gasteiger partial charge in [-0.1, -0.05) is 30.3 Å². The minimum Gasteiger partial charge on any atom is -0.489 e. The number of rotatable bonds is 5. The number of benzene rings is 2. The van der Waals surface area contributed by atoms with Crippen LogP contribution in [0, 0.1) is 6.92 Å². The van der Waals surface area contributed by atoms with Crippen LogP contribution >= 0.6 is 0 Å². The molecule has 5 rings (SSSR count). The lowest BCUT2D eigenvalue weighted by Crippen LogP contribution is -2.42. The summed E-state index contributed by atoms with van der Waals surface area (Å²) in [5, 5.41) is 4.09. The number of furan rings is 1. The molecule has 5 nitrogen and oxygen atoms in total. The van der Waals surface area contributed by atoms with Gasteiger partial charge in [-0.15, -0.1) is 0 Å². The fourth-order valence-corrected chi connectivity index (χ4v) is 4.80. The standard InChI is InChI=1S/C24H26N2O3/c1-16-23(24(27)25-20-11-13-26-12-5-8-21(20)26)19-14-18(9-10-22(19)29-16)28-15-17-6-3-2-4-7-17/h2-4,6-7,9-10,14,20-21H,5,8,11-13,15H2,1H3,(H,25,27). The Bertz CT molecular complexity index is 1030. The van der Waals surface area contributed by atoms with Gasteiger partial charge in [-0.2, -0.15) is 0 Å². The van der Waals surface area contributed by atoms with Gasteiger partial charge in [0.1, 0.15) is 23.7 Å².